The fourth-order valence-electron chi connectivity index (χ4n) is 2.79. The van der Waals surface area contributed by atoms with E-state index in [2.05, 4.69) is 10.3 Å². The van der Waals surface area contributed by atoms with E-state index in [9.17, 15) is 19.3 Å². The van der Waals surface area contributed by atoms with Crippen LogP contribution in [-0.2, 0) is 4.79 Å². The summed E-state index contributed by atoms with van der Waals surface area (Å²) in [6.07, 6.45) is 1.57. The topological polar surface area (TPSA) is 97.7 Å². The number of nitro benzene ring substituents is 1. The molecule has 0 unspecified atom stereocenters. The summed E-state index contributed by atoms with van der Waals surface area (Å²) in [6, 6.07) is 13.8. The first-order valence-electron chi connectivity index (χ1n) is 8.79. The number of nitro groups is 1. The molecule has 7 nitrogen and oxygen atoms in total. The highest BCUT2D eigenvalue weighted by Gasteiger charge is 2.24. The third-order valence-corrected chi connectivity index (χ3v) is 5.21. The van der Waals surface area contributed by atoms with Gasteiger partial charge < -0.3 is 9.73 Å². The third-order valence-electron chi connectivity index (χ3n) is 4.30. The van der Waals surface area contributed by atoms with Gasteiger partial charge in [0.05, 0.1) is 15.5 Å². The van der Waals surface area contributed by atoms with E-state index in [1.807, 2.05) is 0 Å². The number of aryl methyl sites for hydroxylation is 1. The van der Waals surface area contributed by atoms with Crippen molar-refractivity contribution >= 4 is 40.3 Å². The van der Waals surface area contributed by atoms with Crippen LogP contribution >= 0.6 is 11.8 Å². The quantitative estimate of drug-likeness (QED) is 0.354. The molecule has 4 rings (SSSR count). The highest BCUT2D eigenvalue weighted by atomic mass is 32.2. The Kier molecular flexibility index (Phi) is 5.20. The number of halogens is 1. The van der Waals surface area contributed by atoms with Crippen LogP contribution in [0.15, 0.2) is 68.9 Å². The summed E-state index contributed by atoms with van der Waals surface area (Å²) in [5.41, 5.74) is 1.65. The van der Waals surface area contributed by atoms with Gasteiger partial charge in [-0.2, -0.15) is 0 Å². The monoisotopic (exact) mass is 423 g/mol. The molecule has 2 aromatic carbocycles. The molecule has 0 aliphatic carbocycles. The zero-order valence-corrected chi connectivity index (χ0v) is 16.4. The fourth-order valence-corrected chi connectivity index (χ4v) is 3.61. The van der Waals surface area contributed by atoms with E-state index in [1.54, 1.807) is 37.3 Å². The van der Waals surface area contributed by atoms with E-state index < -0.39 is 4.92 Å². The van der Waals surface area contributed by atoms with Crippen molar-refractivity contribution in [1.82, 2.24) is 5.32 Å². The molecule has 0 radical (unpaired) electrons. The molecule has 2 heterocycles. The Morgan fingerprint density at radius 2 is 1.93 bits per heavy atom. The SMILES string of the molecule is Cc1ccc(-c2ccc(/C=C3/SC(=Nc4ccc(F)cc4)NC3=O)o2)cc1[N+](=O)[O-]. The van der Waals surface area contributed by atoms with Crippen LogP contribution in [0.4, 0.5) is 15.8 Å². The van der Waals surface area contributed by atoms with E-state index in [-0.39, 0.29) is 17.4 Å². The molecule has 1 aliphatic rings. The van der Waals surface area contributed by atoms with Crippen molar-refractivity contribution in [2.24, 2.45) is 4.99 Å². The second kappa shape index (κ2) is 7.96. The number of thioether (sulfide) groups is 1. The minimum atomic E-state index is -0.438. The van der Waals surface area contributed by atoms with Crippen LogP contribution < -0.4 is 5.32 Å². The minimum absolute atomic E-state index is 0.0103. The van der Waals surface area contributed by atoms with Gasteiger partial charge in [-0.05, 0) is 55.1 Å². The predicted molar refractivity (Wildman–Crippen MR) is 113 cm³/mol. The Morgan fingerprint density at radius 1 is 1.17 bits per heavy atom. The number of carbonyl (C=O) groups is 1. The number of rotatable bonds is 4. The summed E-state index contributed by atoms with van der Waals surface area (Å²) in [4.78, 5) is 27.6. The second-order valence-corrected chi connectivity index (χ2v) is 7.45. The van der Waals surface area contributed by atoms with Gasteiger partial charge >= 0.3 is 0 Å². The average Bonchev–Trinajstić information content (AvgIpc) is 3.31. The third kappa shape index (κ3) is 4.15. The van der Waals surface area contributed by atoms with Crippen molar-refractivity contribution in [2.75, 3.05) is 0 Å². The second-order valence-electron chi connectivity index (χ2n) is 6.42. The summed E-state index contributed by atoms with van der Waals surface area (Å²) >= 11 is 1.13. The molecule has 1 fully saturated rings. The van der Waals surface area contributed by atoms with Crippen LogP contribution in [0, 0.1) is 22.9 Å². The van der Waals surface area contributed by atoms with Gasteiger partial charge in [0.25, 0.3) is 11.6 Å². The molecule has 1 aromatic heterocycles. The highest BCUT2D eigenvalue weighted by molar-refractivity contribution is 8.18. The maximum absolute atomic E-state index is 13.0. The molecule has 3 aromatic rings. The van der Waals surface area contributed by atoms with Crippen LogP contribution in [0.5, 0.6) is 0 Å². The zero-order chi connectivity index (χ0) is 21.3. The minimum Gasteiger partial charge on any atom is -0.457 e. The van der Waals surface area contributed by atoms with Gasteiger partial charge in [-0.15, -0.1) is 0 Å². The number of amides is 1. The molecular weight excluding hydrogens is 409 g/mol. The Balaban J connectivity index is 1.56. The molecule has 9 heteroatoms. The largest absolute Gasteiger partial charge is 0.457 e. The van der Waals surface area contributed by atoms with Gasteiger partial charge in [0.2, 0.25) is 0 Å². The summed E-state index contributed by atoms with van der Waals surface area (Å²) in [7, 11) is 0. The molecule has 150 valence electrons. The number of furan rings is 1. The van der Waals surface area contributed by atoms with Gasteiger partial charge in [-0.1, -0.05) is 12.1 Å². The number of nitrogens with one attached hydrogen (secondary N) is 1. The van der Waals surface area contributed by atoms with E-state index in [0.717, 1.165) is 11.8 Å². The van der Waals surface area contributed by atoms with Crippen LogP contribution in [0.3, 0.4) is 0 Å². The molecule has 1 amide bonds. The van der Waals surface area contributed by atoms with Crippen molar-refractivity contribution in [3.8, 4) is 11.3 Å². The molecule has 30 heavy (non-hydrogen) atoms. The fraction of sp³-hybridized carbons (Fsp3) is 0.0476. The van der Waals surface area contributed by atoms with Crippen molar-refractivity contribution in [3.05, 3.63) is 86.8 Å². The first kappa shape index (κ1) is 19.6. The number of hydrogen-bond donors (Lipinski definition) is 1. The number of hydrogen-bond acceptors (Lipinski definition) is 6. The number of benzene rings is 2. The lowest BCUT2D eigenvalue weighted by atomic mass is 10.1. The lowest BCUT2D eigenvalue weighted by Gasteiger charge is -2.00. The smallest absolute Gasteiger partial charge is 0.273 e. The number of aliphatic imine (C=N–C) groups is 1. The van der Waals surface area contributed by atoms with Crippen molar-refractivity contribution in [3.63, 3.8) is 0 Å². The average molecular weight is 423 g/mol. The zero-order valence-electron chi connectivity index (χ0n) is 15.6. The van der Waals surface area contributed by atoms with Crippen molar-refractivity contribution < 1.29 is 18.5 Å². The molecule has 0 bridgehead atoms. The maximum Gasteiger partial charge on any atom is 0.273 e. The summed E-state index contributed by atoms with van der Waals surface area (Å²) in [5.74, 6) is 0.183. The predicted octanol–water partition coefficient (Wildman–Crippen LogP) is 5.19. The Morgan fingerprint density at radius 3 is 2.67 bits per heavy atom. The Hall–Kier alpha value is -3.72. The van der Waals surface area contributed by atoms with Crippen LogP contribution in [-0.4, -0.2) is 16.0 Å². The molecule has 1 N–H and O–H groups in total. The lowest BCUT2D eigenvalue weighted by molar-refractivity contribution is -0.385. The number of carbonyl (C=O) groups excluding carboxylic acids is 1. The highest BCUT2D eigenvalue weighted by Crippen LogP contribution is 2.31. The van der Waals surface area contributed by atoms with Gasteiger partial charge in [-0.25, -0.2) is 9.38 Å². The summed E-state index contributed by atoms with van der Waals surface area (Å²) < 4.78 is 18.7. The number of nitrogens with zero attached hydrogens (tertiary/aromatic N) is 2. The maximum atomic E-state index is 13.0. The Labute approximate surface area is 174 Å². The first-order valence-corrected chi connectivity index (χ1v) is 9.61. The lowest BCUT2D eigenvalue weighted by Crippen LogP contribution is -2.19. The molecular formula is C21H14FN3O4S. The van der Waals surface area contributed by atoms with Crippen LogP contribution in [0.1, 0.15) is 11.3 Å². The van der Waals surface area contributed by atoms with Gasteiger partial charge in [-0.3, -0.25) is 14.9 Å². The van der Waals surface area contributed by atoms with Crippen LogP contribution in [0.2, 0.25) is 0 Å². The molecule has 1 saturated heterocycles. The van der Waals surface area contributed by atoms with E-state index >= 15 is 0 Å². The van der Waals surface area contributed by atoms with Gasteiger partial charge in [0.1, 0.15) is 17.3 Å². The van der Waals surface area contributed by atoms with E-state index in [4.69, 9.17) is 4.42 Å². The van der Waals surface area contributed by atoms with Crippen molar-refractivity contribution in [1.29, 1.82) is 0 Å². The van der Waals surface area contributed by atoms with Crippen LogP contribution in [0.25, 0.3) is 17.4 Å². The normalized spacial score (nSPS) is 16.3. The standard InChI is InChI=1S/C21H14FN3O4S/c1-12-2-3-13(10-17(12)25(27)28)18-9-8-16(29-18)11-19-20(26)24-21(30-19)23-15-6-4-14(22)5-7-15/h2-11H,1H3,(H,23,24,26)/b19-11+. The van der Waals surface area contributed by atoms with Gasteiger partial charge in [0.15, 0.2) is 5.17 Å². The summed E-state index contributed by atoms with van der Waals surface area (Å²) in [6.45, 7) is 1.67. The molecule has 0 atom stereocenters. The Bertz CT molecular complexity index is 1220. The van der Waals surface area contributed by atoms with E-state index in [1.165, 1.54) is 30.3 Å². The molecule has 0 spiro atoms. The van der Waals surface area contributed by atoms with Gasteiger partial charge in [0, 0.05) is 23.3 Å². The molecule has 1 aliphatic heterocycles. The van der Waals surface area contributed by atoms with E-state index in [0.29, 0.717) is 38.4 Å². The van der Waals surface area contributed by atoms with Crippen molar-refractivity contribution in [2.45, 2.75) is 6.92 Å². The molecule has 0 saturated carbocycles. The number of amidine groups is 1. The first-order chi connectivity index (χ1) is 14.4. The summed E-state index contributed by atoms with van der Waals surface area (Å²) in [5, 5.41) is 14.2.